The number of rotatable bonds is 4. The van der Waals surface area contributed by atoms with E-state index in [1.54, 1.807) is 0 Å². The van der Waals surface area contributed by atoms with E-state index in [9.17, 15) is 10.2 Å². The molecule has 0 saturated carbocycles. The zero-order chi connectivity index (χ0) is 17.8. The number of hydrogen-bond donors (Lipinski definition) is 2. The zero-order valence-electron chi connectivity index (χ0n) is 12.8. The minimum absolute atomic E-state index is 0. The first-order valence-corrected chi connectivity index (χ1v) is 6.26. The molecule has 0 aliphatic carbocycles. The van der Waals surface area contributed by atoms with Crippen LogP contribution >= 0.6 is 0 Å². The normalized spacial score (nSPS) is 7.00. The van der Waals surface area contributed by atoms with Gasteiger partial charge < -0.3 is 10.2 Å². The van der Waals surface area contributed by atoms with Crippen molar-refractivity contribution in [3.63, 3.8) is 0 Å². The van der Waals surface area contributed by atoms with Crippen LogP contribution in [0.1, 0.15) is 42.9 Å². The van der Waals surface area contributed by atoms with Crippen LogP contribution in [0.4, 0.5) is 0 Å². The summed E-state index contributed by atoms with van der Waals surface area (Å²) in [6, 6.07) is 5.50. The van der Waals surface area contributed by atoms with E-state index in [1.807, 2.05) is 18.2 Å². The minimum atomic E-state index is -0.0361. The van der Waals surface area contributed by atoms with Crippen molar-refractivity contribution >= 4 is 0 Å². The van der Waals surface area contributed by atoms with E-state index in [4.69, 9.17) is 14.0 Å². The predicted octanol–water partition coefficient (Wildman–Crippen LogP) is 2.10. The Morgan fingerprint density at radius 2 is 1.39 bits per heavy atom. The maximum absolute atomic E-state index is 9.19. The molecule has 0 radical (unpaired) electrons. The van der Waals surface area contributed by atoms with Crippen LogP contribution in [-0.2, 0) is 44.5 Å². The van der Waals surface area contributed by atoms with Crippen LogP contribution in [0.25, 0.3) is 0 Å². The van der Waals surface area contributed by atoms with Gasteiger partial charge in [-0.3, -0.25) is 0 Å². The summed E-state index contributed by atoms with van der Waals surface area (Å²) in [6.07, 6.45) is 3.08. The fourth-order valence-electron chi connectivity index (χ4n) is 1.49. The summed E-state index contributed by atoms with van der Waals surface area (Å²) >= 11 is 0. The van der Waals surface area contributed by atoms with Gasteiger partial charge >= 0.3 is 33.9 Å². The monoisotopic (exact) mass is 354 g/mol. The second-order valence-electron chi connectivity index (χ2n) is 3.67. The smallest absolute Gasteiger partial charge is 0 e. The first-order valence-electron chi connectivity index (χ1n) is 6.26. The van der Waals surface area contributed by atoms with Crippen molar-refractivity contribution in [1.29, 1.82) is 0 Å². The van der Waals surface area contributed by atoms with Crippen molar-refractivity contribution < 1.29 is 41.5 Å². The summed E-state index contributed by atoms with van der Waals surface area (Å²) in [5.74, 6) is 6.13. The number of hydrogen-bond acceptors (Lipinski definition) is 2. The van der Waals surface area contributed by atoms with Crippen molar-refractivity contribution in [3.05, 3.63) is 54.8 Å². The second kappa shape index (κ2) is 25.4. The maximum atomic E-state index is 9.19. The Morgan fingerprint density at radius 3 is 1.74 bits per heavy atom. The van der Waals surface area contributed by atoms with Crippen molar-refractivity contribution in [1.82, 2.24) is 0 Å². The van der Waals surface area contributed by atoms with E-state index in [2.05, 4.69) is 38.7 Å². The largest absolute Gasteiger partial charge is 0 e. The molecule has 0 amide bonds. The molecule has 0 spiro atoms. The molecule has 0 saturated heterocycles. The minimum Gasteiger partial charge on any atom is 0 e. The Hall–Kier alpha value is -1.55. The van der Waals surface area contributed by atoms with E-state index in [-0.39, 0.29) is 30.6 Å². The molecule has 0 atom stereocenters. The summed E-state index contributed by atoms with van der Waals surface area (Å²) < 4.78 is 22.5. The SMILES string of the molecule is CCCCC#Cc1c(CO)cccc1CO.[C-]#[O+].[C-]#[O+].[C-]#[O+].[Cr]. The molecule has 2 N–H and O–H groups in total. The molecule has 23 heavy (non-hydrogen) atoms. The average molecular weight is 354 g/mol. The molecule has 0 unspecified atom stereocenters. The molecule has 122 valence electrons. The Bertz CT molecular complexity index is 473. The van der Waals surface area contributed by atoms with Crippen LogP contribution < -0.4 is 0 Å². The van der Waals surface area contributed by atoms with Gasteiger partial charge in [0.1, 0.15) is 0 Å². The van der Waals surface area contributed by atoms with Crippen molar-refractivity contribution in [2.24, 2.45) is 0 Å². The maximum Gasteiger partial charge on any atom is 0 e. The molecule has 1 aromatic carbocycles. The van der Waals surface area contributed by atoms with Gasteiger partial charge in [-0.05, 0) is 17.5 Å². The summed E-state index contributed by atoms with van der Waals surface area (Å²) in [6.45, 7) is 15.6. The Labute approximate surface area is 148 Å². The van der Waals surface area contributed by atoms with Crippen LogP contribution in [0.3, 0.4) is 0 Å². The van der Waals surface area contributed by atoms with Gasteiger partial charge in [-0.25, -0.2) is 0 Å². The molecule has 0 aliphatic heterocycles. The van der Waals surface area contributed by atoms with Gasteiger partial charge in [0.15, 0.2) is 0 Å². The molecule has 6 heteroatoms. The number of benzene rings is 1. The third-order valence-electron chi connectivity index (χ3n) is 2.45. The van der Waals surface area contributed by atoms with Crippen LogP contribution in [-0.4, -0.2) is 10.2 Å². The van der Waals surface area contributed by atoms with Crippen molar-refractivity contribution in [2.75, 3.05) is 0 Å². The third kappa shape index (κ3) is 13.8. The van der Waals surface area contributed by atoms with Crippen LogP contribution in [0.15, 0.2) is 18.2 Å². The van der Waals surface area contributed by atoms with Crippen molar-refractivity contribution in [2.45, 2.75) is 39.4 Å². The van der Waals surface area contributed by atoms with Crippen LogP contribution in [0.5, 0.6) is 0 Å². The van der Waals surface area contributed by atoms with Gasteiger partial charge in [-0.1, -0.05) is 43.4 Å². The standard InChI is InChI=1S/C14H18O2.3CO.Cr/c1-2-3-4-5-9-14-12(10-15)7-6-8-13(14)11-16;3*1-2;/h6-8,15-16H,2-4,10-11H2,1H3;;;;. The molecule has 0 fully saturated rings. The molecule has 5 nitrogen and oxygen atoms in total. The van der Waals surface area contributed by atoms with Crippen LogP contribution in [0, 0.1) is 31.8 Å². The van der Waals surface area contributed by atoms with Crippen LogP contribution in [0.2, 0.25) is 0 Å². The molecule has 0 aliphatic rings. The van der Waals surface area contributed by atoms with Gasteiger partial charge in [-0.2, -0.15) is 0 Å². The van der Waals surface area contributed by atoms with E-state index >= 15 is 0 Å². The van der Waals surface area contributed by atoms with Gasteiger partial charge in [0.05, 0.1) is 13.2 Å². The fourth-order valence-corrected chi connectivity index (χ4v) is 1.49. The molecule has 0 aromatic heterocycles. The fraction of sp³-hybridized carbons (Fsp3) is 0.353. The molecule has 0 bridgehead atoms. The average Bonchev–Trinajstić information content (AvgIpc) is 2.63. The molecule has 1 aromatic rings. The quantitative estimate of drug-likeness (QED) is 0.374. The topological polar surface area (TPSA) is 100 Å². The Kier molecular flexibility index (Phi) is 32.5. The Balaban J connectivity index is -0.000000231. The Morgan fingerprint density at radius 1 is 0.957 bits per heavy atom. The first kappa shape index (κ1) is 29.5. The third-order valence-corrected chi connectivity index (χ3v) is 2.45. The molecule has 0 heterocycles. The van der Waals surface area contributed by atoms with Gasteiger partial charge in [0, 0.05) is 29.3 Å². The summed E-state index contributed by atoms with van der Waals surface area (Å²) in [7, 11) is 0. The first-order chi connectivity index (χ1) is 10.8. The molecule has 1 rings (SSSR count). The summed E-state index contributed by atoms with van der Waals surface area (Å²) in [4.78, 5) is 0. The molecular formula is C17H18CrO5. The van der Waals surface area contributed by atoms with Gasteiger partial charge in [-0.15, -0.1) is 0 Å². The van der Waals surface area contributed by atoms with E-state index in [1.165, 1.54) is 0 Å². The molecular weight excluding hydrogens is 336 g/mol. The number of unbranched alkanes of at least 4 members (excludes halogenated alkanes) is 2. The van der Waals surface area contributed by atoms with E-state index < -0.39 is 0 Å². The second-order valence-corrected chi connectivity index (χ2v) is 3.67. The van der Waals surface area contributed by atoms with Crippen molar-refractivity contribution in [3.8, 4) is 11.8 Å². The predicted molar refractivity (Wildman–Crippen MR) is 76.5 cm³/mol. The summed E-state index contributed by atoms with van der Waals surface area (Å²) in [5, 5.41) is 18.4. The zero-order valence-corrected chi connectivity index (χ0v) is 14.1. The van der Waals surface area contributed by atoms with Gasteiger partial charge in [0.25, 0.3) is 0 Å². The van der Waals surface area contributed by atoms with Gasteiger partial charge in [0.2, 0.25) is 0 Å². The summed E-state index contributed by atoms with van der Waals surface area (Å²) in [5.41, 5.74) is 2.36. The van der Waals surface area contributed by atoms with E-state index in [0.29, 0.717) is 0 Å². The van der Waals surface area contributed by atoms with E-state index in [0.717, 1.165) is 36.0 Å². The number of aliphatic hydroxyl groups is 2. The number of aliphatic hydroxyl groups excluding tert-OH is 2.